The van der Waals surface area contributed by atoms with Gasteiger partial charge in [-0.05, 0) is 67.3 Å². The smallest absolute Gasteiger partial charge is 0.329 e. The van der Waals surface area contributed by atoms with Crippen LogP contribution in [0.15, 0.2) is 54.7 Å². The minimum atomic E-state index is -1.68. The van der Waals surface area contributed by atoms with Crippen LogP contribution in [0, 0.1) is 17.8 Å². The Morgan fingerprint density at radius 1 is 0.731 bits per heavy atom. The molecule has 2 heterocycles. The van der Waals surface area contributed by atoms with E-state index in [-0.39, 0.29) is 30.9 Å². The van der Waals surface area contributed by atoms with Gasteiger partial charge in [0, 0.05) is 36.4 Å². The van der Waals surface area contributed by atoms with Gasteiger partial charge in [-0.1, -0.05) is 84.7 Å². The highest BCUT2D eigenvalue weighted by molar-refractivity contribution is 5.98. The highest BCUT2D eigenvalue weighted by Gasteiger charge is 2.39. The van der Waals surface area contributed by atoms with Gasteiger partial charge in [0.05, 0.1) is 12.6 Å². The number of hydrogen-bond donors (Lipinski definition) is 10. The van der Waals surface area contributed by atoms with E-state index >= 15 is 0 Å². The normalized spacial score (nSPS) is 23.6. The first kappa shape index (κ1) is 53.1. The Morgan fingerprint density at radius 2 is 1.33 bits per heavy atom. The molecule has 366 valence electrons. The van der Waals surface area contributed by atoms with Gasteiger partial charge < -0.3 is 57.2 Å². The zero-order chi connectivity index (χ0) is 49.5. The van der Waals surface area contributed by atoms with Crippen molar-refractivity contribution in [3.05, 3.63) is 65.9 Å². The number of phenols is 1. The molecule has 10 N–H and O–H groups in total. The SMILES string of the molecule is CC[C@H](C)[C@@H]1NC(=O)C(C(C)O)NC(=O)[C@@H](Cc2c[nH]c3ccccc23)NC(=O)[C@@H](Cc2ccc(O)cc2)NC(=O)C(NC(=O)CNC(=O)CCCC(C)C)C(C)OC(=O)[C@H](C(C)C)NC1=O. The summed E-state index contributed by atoms with van der Waals surface area (Å²) < 4.78 is 5.81. The summed E-state index contributed by atoms with van der Waals surface area (Å²) in [5, 5.41) is 40.0. The van der Waals surface area contributed by atoms with Gasteiger partial charge in [-0.2, -0.15) is 0 Å². The highest BCUT2D eigenvalue weighted by atomic mass is 16.5. The van der Waals surface area contributed by atoms with Gasteiger partial charge in [0.2, 0.25) is 41.4 Å². The summed E-state index contributed by atoms with van der Waals surface area (Å²) in [7, 11) is 0. The molecule has 7 amide bonds. The van der Waals surface area contributed by atoms with Gasteiger partial charge in [0.1, 0.15) is 48.1 Å². The van der Waals surface area contributed by atoms with Gasteiger partial charge in [0.25, 0.3) is 0 Å². The zero-order valence-electron chi connectivity index (χ0n) is 39.6. The topological polar surface area (TPSA) is 286 Å². The minimum absolute atomic E-state index is 0.0679. The van der Waals surface area contributed by atoms with Crippen LogP contribution < -0.4 is 37.2 Å². The van der Waals surface area contributed by atoms with E-state index in [9.17, 15) is 48.6 Å². The first-order chi connectivity index (χ1) is 31.7. The van der Waals surface area contributed by atoms with E-state index in [0.717, 1.165) is 17.3 Å². The van der Waals surface area contributed by atoms with Crippen molar-refractivity contribution in [1.29, 1.82) is 0 Å². The lowest BCUT2D eigenvalue weighted by Gasteiger charge is -2.31. The van der Waals surface area contributed by atoms with Crippen molar-refractivity contribution in [1.82, 2.24) is 42.2 Å². The molecule has 19 heteroatoms. The summed E-state index contributed by atoms with van der Waals surface area (Å²) in [5.74, 6) is -7.46. The molecule has 19 nitrogen and oxygen atoms in total. The lowest BCUT2D eigenvalue weighted by atomic mass is 9.96. The first-order valence-electron chi connectivity index (χ1n) is 23.0. The minimum Gasteiger partial charge on any atom is -0.508 e. The number of para-hydroxylation sites is 1. The second-order valence-electron chi connectivity index (χ2n) is 18.1. The number of aromatic nitrogens is 1. The predicted octanol–water partition coefficient (Wildman–Crippen LogP) is 1.54. The van der Waals surface area contributed by atoms with Gasteiger partial charge in [-0.3, -0.25) is 33.6 Å². The van der Waals surface area contributed by atoms with E-state index in [0.29, 0.717) is 29.9 Å². The molecule has 0 radical (unpaired) electrons. The average Bonchev–Trinajstić information content (AvgIpc) is 3.68. The number of nitrogens with one attached hydrogen (secondary N) is 8. The molecule has 0 saturated carbocycles. The number of aliphatic hydroxyl groups excluding tert-OH is 1. The quantitative estimate of drug-likeness (QED) is 0.0976. The van der Waals surface area contributed by atoms with Gasteiger partial charge >= 0.3 is 5.97 Å². The number of hydrogen-bond acceptors (Lipinski definition) is 11. The molecule has 1 aliphatic rings. The Balaban J connectivity index is 1.82. The molecule has 9 atom stereocenters. The molecule has 67 heavy (non-hydrogen) atoms. The molecule has 1 fully saturated rings. The van der Waals surface area contributed by atoms with Crippen molar-refractivity contribution < 1.29 is 53.3 Å². The Labute approximate surface area is 391 Å². The number of rotatable bonds is 15. The van der Waals surface area contributed by atoms with Crippen molar-refractivity contribution in [3.63, 3.8) is 0 Å². The van der Waals surface area contributed by atoms with E-state index in [4.69, 9.17) is 4.74 Å². The summed E-state index contributed by atoms with van der Waals surface area (Å²) in [5.41, 5.74) is 1.80. The number of benzene rings is 2. The van der Waals surface area contributed by atoms with Crippen LogP contribution >= 0.6 is 0 Å². The van der Waals surface area contributed by atoms with E-state index in [1.165, 1.54) is 38.1 Å². The number of amides is 7. The Morgan fingerprint density at radius 3 is 1.97 bits per heavy atom. The van der Waals surface area contributed by atoms with Gasteiger partial charge in [0.15, 0.2) is 0 Å². The van der Waals surface area contributed by atoms with Crippen LogP contribution in [0.25, 0.3) is 10.9 Å². The standard InChI is InChI=1S/C48H68N8O11/c1-9-27(6)40-45(63)54-39(26(4)5)48(66)67-29(8)42(53-38(60)24-50-37(59)16-12-13-25(2)3)47(65)52-35(21-30-17-19-32(58)20-18-30)43(61)51-36(44(62)56-41(28(7)57)46(64)55-40)22-31-23-49-34-15-11-10-14-33(31)34/h10-11,14-15,17-20,23,25-29,35-36,39-42,49,57-58H,9,12-13,16,21-22,24H2,1-8H3,(H,50,59)(H,51,61)(H,52,65)(H,53,60)(H,54,63)(H,55,64)(H,56,62)/t27-,28?,29?,35+,36+,39-,40-,41?,42?/m0/s1. The maximum absolute atomic E-state index is 14.6. The number of carbonyl (C=O) groups excluding carboxylic acids is 8. The maximum atomic E-state index is 14.6. The van der Waals surface area contributed by atoms with Crippen molar-refractivity contribution in [3.8, 4) is 5.75 Å². The molecule has 0 spiro atoms. The largest absolute Gasteiger partial charge is 0.508 e. The number of fused-ring (bicyclic) bond motifs is 1. The number of ether oxygens (including phenoxy) is 1. The predicted molar refractivity (Wildman–Crippen MR) is 249 cm³/mol. The molecular formula is C48H68N8O11. The van der Waals surface area contributed by atoms with E-state index in [1.807, 2.05) is 32.0 Å². The number of carbonyl (C=O) groups is 8. The summed E-state index contributed by atoms with van der Waals surface area (Å²) in [6, 6.07) is 4.19. The lowest BCUT2D eigenvalue weighted by molar-refractivity contribution is -0.157. The maximum Gasteiger partial charge on any atom is 0.329 e. The monoisotopic (exact) mass is 933 g/mol. The molecule has 1 aliphatic heterocycles. The third kappa shape index (κ3) is 15.5. The Hall–Kier alpha value is -6.50. The van der Waals surface area contributed by atoms with Crippen LogP contribution in [0.2, 0.25) is 0 Å². The van der Waals surface area contributed by atoms with E-state index in [1.54, 1.807) is 40.0 Å². The molecule has 0 aliphatic carbocycles. The summed E-state index contributed by atoms with van der Waals surface area (Å²) in [4.78, 5) is 115. The van der Waals surface area contributed by atoms with Crippen LogP contribution in [0.5, 0.6) is 5.75 Å². The van der Waals surface area contributed by atoms with Crippen LogP contribution in [0.1, 0.15) is 92.2 Å². The number of aromatic amines is 1. The van der Waals surface area contributed by atoms with Gasteiger partial charge in [-0.25, -0.2) is 4.79 Å². The molecule has 0 bridgehead atoms. The fourth-order valence-corrected chi connectivity index (χ4v) is 7.57. The van der Waals surface area contributed by atoms with E-state index < -0.39 is 108 Å². The lowest BCUT2D eigenvalue weighted by Crippen LogP contribution is -2.62. The molecule has 4 unspecified atom stereocenters. The van der Waals surface area contributed by atoms with Crippen LogP contribution in [0.4, 0.5) is 0 Å². The van der Waals surface area contributed by atoms with Crippen molar-refractivity contribution in [2.45, 2.75) is 142 Å². The van der Waals surface area contributed by atoms with Crippen LogP contribution in [-0.4, -0.2) is 118 Å². The number of esters is 1. The third-order valence-corrected chi connectivity index (χ3v) is 11.8. The molecule has 1 saturated heterocycles. The molecule has 1 aromatic heterocycles. The fourth-order valence-electron chi connectivity index (χ4n) is 7.57. The summed E-state index contributed by atoms with van der Waals surface area (Å²) in [6.07, 6.45) is 0.301. The third-order valence-electron chi connectivity index (χ3n) is 11.8. The highest BCUT2D eigenvalue weighted by Crippen LogP contribution is 2.21. The van der Waals surface area contributed by atoms with Crippen molar-refractivity contribution >= 4 is 58.2 Å². The van der Waals surface area contributed by atoms with Crippen molar-refractivity contribution in [2.24, 2.45) is 17.8 Å². The number of phenolic OH excluding ortho intramolecular Hbond substituents is 1. The summed E-state index contributed by atoms with van der Waals surface area (Å²) >= 11 is 0. The molecule has 4 rings (SSSR count). The average molecular weight is 933 g/mol. The molecular weight excluding hydrogens is 865 g/mol. The van der Waals surface area contributed by atoms with Crippen LogP contribution in [-0.2, 0) is 55.9 Å². The van der Waals surface area contributed by atoms with E-state index in [2.05, 4.69) is 42.2 Å². The van der Waals surface area contributed by atoms with Crippen LogP contribution in [0.3, 0.4) is 0 Å². The van der Waals surface area contributed by atoms with Crippen molar-refractivity contribution in [2.75, 3.05) is 6.54 Å². The number of cyclic esters (lactones) is 1. The number of H-pyrrole nitrogens is 1. The second-order valence-corrected chi connectivity index (χ2v) is 18.1. The summed E-state index contributed by atoms with van der Waals surface area (Å²) in [6.45, 7) is 12.9. The number of aromatic hydroxyl groups is 1. The number of aliphatic hydroxyl groups is 1. The Kier molecular flexibility index (Phi) is 19.7. The molecule has 3 aromatic rings. The van der Waals surface area contributed by atoms with Gasteiger partial charge in [-0.15, -0.1) is 0 Å². The Bertz CT molecular complexity index is 2210. The first-order valence-corrected chi connectivity index (χ1v) is 23.0. The fraction of sp³-hybridized carbons (Fsp3) is 0.542. The molecule has 2 aromatic carbocycles. The second kappa shape index (κ2) is 24.9. The zero-order valence-corrected chi connectivity index (χ0v) is 39.6.